The van der Waals surface area contributed by atoms with Crippen LogP contribution in [0.2, 0.25) is 0 Å². The van der Waals surface area contributed by atoms with Crippen LogP contribution in [0, 0.1) is 56.7 Å². The fourth-order valence-corrected chi connectivity index (χ4v) is 12.4. The first-order valence-corrected chi connectivity index (χ1v) is 16.3. The summed E-state index contributed by atoms with van der Waals surface area (Å²) in [4.78, 5) is 27.5. The quantitative estimate of drug-likeness (QED) is 0.212. The van der Waals surface area contributed by atoms with Crippen LogP contribution in [0.3, 0.4) is 0 Å². The van der Waals surface area contributed by atoms with E-state index in [4.69, 9.17) is 4.74 Å². The van der Waals surface area contributed by atoms with Gasteiger partial charge in [-0.25, -0.2) is 0 Å². The van der Waals surface area contributed by atoms with E-state index in [1.165, 1.54) is 24.8 Å². The van der Waals surface area contributed by atoms with E-state index >= 15 is 0 Å². The molecule has 0 aliphatic heterocycles. The van der Waals surface area contributed by atoms with Crippen molar-refractivity contribution in [3.8, 4) is 0 Å². The number of Topliss-reactive ketones (excluding diaryl/α,β-unsaturated/α-hetero) is 1. The van der Waals surface area contributed by atoms with E-state index in [0.717, 1.165) is 49.7 Å². The Kier molecular flexibility index (Phi) is 6.65. The molecule has 9 atom stereocenters. The highest BCUT2D eigenvalue weighted by molar-refractivity contribution is 6.04. The summed E-state index contributed by atoms with van der Waals surface area (Å²) in [5.74, 6) is 2.55. The summed E-state index contributed by atoms with van der Waals surface area (Å²) in [6, 6.07) is 10.4. The molecule has 0 amide bonds. The lowest BCUT2D eigenvalue weighted by molar-refractivity contribution is -0.232. The van der Waals surface area contributed by atoms with Crippen LogP contribution in [0.15, 0.2) is 48.1 Å². The summed E-state index contributed by atoms with van der Waals surface area (Å²) in [5, 5.41) is 0. The molecule has 1 aromatic carbocycles. The molecular formula is C38H52O3. The van der Waals surface area contributed by atoms with Gasteiger partial charge in [-0.15, -0.1) is 0 Å². The molecule has 0 saturated heterocycles. The number of carbonyl (C=O) groups is 2. The molecule has 0 N–H and O–H groups in total. The summed E-state index contributed by atoms with van der Waals surface area (Å²) >= 11 is 0. The third-order valence-corrected chi connectivity index (χ3v) is 14.4. The third kappa shape index (κ3) is 3.75. The van der Waals surface area contributed by atoms with E-state index in [2.05, 4.69) is 78.5 Å². The average Bonchev–Trinajstić information content (AvgIpc) is 3.33. The second kappa shape index (κ2) is 9.42. The molecule has 5 saturated carbocycles. The summed E-state index contributed by atoms with van der Waals surface area (Å²) < 4.78 is 5.54. The van der Waals surface area contributed by atoms with Crippen LogP contribution in [0.1, 0.15) is 105 Å². The van der Waals surface area contributed by atoms with Crippen molar-refractivity contribution in [1.82, 2.24) is 0 Å². The molecule has 0 aromatic heterocycles. The van der Waals surface area contributed by atoms with E-state index in [1.54, 1.807) is 7.11 Å². The topological polar surface area (TPSA) is 43.4 Å². The lowest BCUT2D eigenvalue weighted by Gasteiger charge is -2.72. The molecule has 0 spiro atoms. The van der Waals surface area contributed by atoms with Crippen molar-refractivity contribution in [2.75, 3.05) is 7.11 Å². The molecule has 0 radical (unpaired) electrons. The SMILES string of the molecule is C=C(C)C1CCC2(C(=O)OC)CCC3(C)C(CCC4C5(C)C/C(=C/c6ccccc6)C(=O)C(C)(C)C5CCC43C)C12. The third-order valence-electron chi connectivity index (χ3n) is 14.4. The van der Waals surface area contributed by atoms with Gasteiger partial charge in [0.2, 0.25) is 0 Å². The molecule has 5 fully saturated rings. The van der Waals surface area contributed by atoms with Crippen LogP contribution >= 0.6 is 0 Å². The summed E-state index contributed by atoms with van der Waals surface area (Å²) in [6.45, 7) is 18.9. The van der Waals surface area contributed by atoms with Gasteiger partial charge in [0.05, 0.1) is 12.5 Å². The van der Waals surface area contributed by atoms with Crippen LogP contribution in [0.4, 0.5) is 0 Å². The smallest absolute Gasteiger partial charge is 0.312 e. The Hall–Kier alpha value is -2.16. The zero-order valence-electron chi connectivity index (χ0n) is 26.6. The van der Waals surface area contributed by atoms with Crippen molar-refractivity contribution < 1.29 is 14.3 Å². The summed E-state index contributed by atoms with van der Waals surface area (Å²) in [7, 11) is 1.59. The van der Waals surface area contributed by atoms with Gasteiger partial charge in [0, 0.05) is 5.41 Å². The van der Waals surface area contributed by atoms with Crippen LogP contribution in [-0.2, 0) is 14.3 Å². The molecule has 9 unspecified atom stereocenters. The minimum Gasteiger partial charge on any atom is -0.469 e. The number of benzene rings is 1. The number of fused-ring (bicyclic) bond motifs is 7. The van der Waals surface area contributed by atoms with Gasteiger partial charge in [-0.2, -0.15) is 0 Å². The first-order chi connectivity index (χ1) is 19.3. The highest BCUT2D eigenvalue weighted by Gasteiger charge is 2.72. The number of methoxy groups -OCH3 is 1. The lowest BCUT2D eigenvalue weighted by Crippen LogP contribution is -2.67. The Morgan fingerprint density at radius 2 is 1.61 bits per heavy atom. The molecule has 0 bridgehead atoms. The van der Waals surface area contributed by atoms with E-state index in [0.29, 0.717) is 35.4 Å². The maximum atomic E-state index is 14.0. The van der Waals surface area contributed by atoms with E-state index in [-0.39, 0.29) is 33.0 Å². The van der Waals surface area contributed by atoms with Gasteiger partial charge in [0.15, 0.2) is 5.78 Å². The number of carbonyl (C=O) groups excluding carboxylic acids is 2. The second-order valence-corrected chi connectivity index (χ2v) is 16.1. The minimum atomic E-state index is -0.365. The molecule has 3 heteroatoms. The van der Waals surface area contributed by atoms with Crippen molar-refractivity contribution in [3.63, 3.8) is 0 Å². The van der Waals surface area contributed by atoms with Gasteiger partial charge in [-0.1, -0.05) is 77.1 Å². The Labute approximate surface area is 248 Å². The predicted molar refractivity (Wildman–Crippen MR) is 166 cm³/mol. The minimum absolute atomic E-state index is 0.0273. The maximum absolute atomic E-state index is 14.0. The van der Waals surface area contributed by atoms with E-state index in [9.17, 15) is 9.59 Å². The van der Waals surface area contributed by atoms with Gasteiger partial charge in [-0.3, -0.25) is 9.59 Å². The fraction of sp³-hybridized carbons (Fsp3) is 0.684. The second-order valence-electron chi connectivity index (χ2n) is 16.1. The lowest BCUT2D eigenvalue weighted by atomic mass is 9.32. The standard InChI is InChI=1S/C38H52O3/c1-24(2)27-16-19-38(33(40)41-8)21-20-36(6)28(31(27)38)14-15-30-35(5)23-26(22-25-12-10-9-11-13-25)32(39)34(3,4)29(35)17-18-37(30,36)7/h9-13,22,27-31H,1,14-21,23H2,2-8H3/b26-22-. The molecule has 41 heavy (non-hydrogen) atoms. The Morgan fingerprint density at radius 1 is 0.902 bits per heavy atom. The zero-order chi connectivity index (χ0) is 29.6. The maximum Gasteiger partial charge on any atom is 0.312 e. The van der Waals surface area contributed by atoms with Crippen molar-refractivity contribution >= 4 is 17.8 Å². The van der Waals surface area contributed by atoms with E-state index in [1.807, 2.05) is 6.07 Å². The van der Waals surface area contributed by atoms with Crippen LogP contribution in [-0.4, -0.2) is 18.9 Å². The number of rotatable bonds is 3. The van der Waals surface area contributed by atoms with Gasteiger partial charge >= 0.3 is 5.97 Å². The van der Waals surface area contributed by atoms with Crippen molar-refractivity contribution in [2.45, 2.75) is 99.3 Å². The van der Waals surface area contributed by atoms with Crippen LogP contribution in [0.5, 0.6) is 0 Å². The van der Waals surface area contributed by atoms with Crippen molar-refractivity contribution in [1.29, 1.82) is 0 Å². The summed E-state index contributed by atoms with van der Waals surface area (Å²) in [5.41, 5.74) is 3.06. The molecule has 5 aliphatic carbocycles. The highest BCUT2D eigenvalue weighted by Crippen LogP contribution is 2.77. The molecule has 6 rings (SSSR count). The molecule has 5 aliphatic rings. The Balaban J connectivity index is 1.42. The monoisotopic (exact) mass is 556 g/mol. The van der Waals surface area contributed by atoms with Gasteiger partial charge < -0.3 is 4.74 Å². The number of hydrogen-bond donors (Lipinski definition) is 0. The number of esters is 1. The first-order valence-electron chi connectivity index (χ1n) is 16.3. The van der Waals surface area contributed by atoms with Gasteiger partial charge in [0.25, 0.3) is 0 Å². The first kappa shape index (κ1) is 28.9. The molecule has 1 aromatic rings. The number of ether oxygens (including phenoxy) is 1. The molecular weight excluding hydrogens is 504 g/mol. The van der Waals surface area contributed by atoms with Crippen LogP contribution < -0.4 is 0 Å². The zero-order valence-corrected chi connectivity index (χ0v) is 26.6. The predicted octanol–water partition coefficient (Wildman–Crippen LogP) is 9.08. The molecule has 222 valence electrons. The van der Waals surface area contributed by atoms with Crippen LogP contribution in [0.25, 0.3) is 6.08 Å². The van der Waals surface area contributed by atoms with E-state index < -0.39 is 0 Å². The fourth-order valence-electron chi connectivity index (χ4n) is 12.4. The highest BCUT2D eigenvalue weighted by atomic mass is 16.5. The average molecular weight is 557 g/mol. The van der Waals surface area contributed by atoms with Gasteiger partial charge in [0.1, 0.15) is 0 Å². The molecule has 0 heterocycles. The van der Waals surface area contributed by atoms with Crippen molar-refractivity contribution in [3.05, 3.63) is 53.6 Å². The Morgan fingerprint density at radius 3 is 2.27 bits per heavy atom. The number of hydrogen-bond acceptors (Lipinski definition) is 3. The summed E-state index contributed by atoms with van der Waals surface area (Å²) in [6.07, 6.45) is 11.7. The largest absolute Gasteiger partial charge is 0.469 e. The van der Waals surface area contributed by atoms with Gasteiger partial charge in [-0.05, 0) is 128 Å². The van der Waals surface area contributed by atoms with Crippen molar-refractivity contribution in [2.24, 2.45) is 56.7 Å². The number of allylic oxidation sites excluding steroid dienone is 2. The number of ketones is 1. The Bertz CT molecular complexity index is 1290. The normalized spacial score (nSPS) is 45.7. The molecule has 3 nitrogen and oxygen atoms in total.